The third-order valence-corrected chi connectivity index (χ3v) is 4.11. The van der Waals surface area contributed by atoms with Crippen LogP contribution in [0.15, 0.2) is 53.7 Å². The smallest absolute Gasteiger partial charge is 0.198 e. The second-order valence-corrected chi connectivity index (χ2v) is 6.05. The molecular weight excluding hydrogens is 435 g/mol. The van der Waals surface area contributed by atoms with Gasteiger partial charge in [0.15, 0.2) is 5.96 Å². The molecule has 0 unspecified atom stereocenters. The highest BCUT2D eigenvalue weighted by molar-refractivity contribution is 14.0. The molecule has 6 heteroatoms. The number of para-hydroxylation sites is 1. The molecule has 1 fully saturated rings. The molecule has 1 aliphatic rings. The van der Waals surface area contributed by atoms with Crippen LogP contribution in [0.25, 0.3) is 0 Å². The first kappa shape index (κ1) is 19.0. The van der Waals surface area contributed by atoms with Gasteiger partial charge in [0.05, 0.1) is 6.54 Å². The number of likely N-dealkylation sites (tertiary alicyclic amines) is 1. The minimum atomic E-state index is 0. The van der Waals surface area contributed by atoms with Crippen LogP contribution < -0.4 is 5.32 Å². The van der Waals surface area contributed by atoms with Crippen molar-refractivity contribution in [1.29, 1.82) is 0 Å². The summed E-state index contributed by atoms with van der Waals surface area (Å²) in [6, 6.07) is 14.0. The summed E-state index contributed by atoms with van der Waals surface area (Å²) in [6.45, 7) is 2.70. The molecule has 3 rings (SSSR count). The summed E-state index contributed by atoms with van der Waals surface area (Å²) in [5.74, 6) is 0.936. The first-order valence-electron chi connectivity index (χ1n) is 8.03. The van der Waals surface area contributed by atoms with Crippen LogP contribution in [0.2, 0.25) is 5.15 Å². The average molecular weight is 457 g/mol. The molecule has 0 aliphatic carbocycles. The quantitative estimate of drug-likeness (QED) is 0.312. The van der Waals surface area contributed by atoms with Gasteiger partial charge in [-0.1, -0.05) is 35.9 Å². The van der Waals surface area contributed by atoms with Crippen molar-refractivity contribution < 1.29 is 0 Å². The third kappa shape index (κ3) is 5.63. The largest absolute Gasteiger partial charge is 0.343 e. The number of nitrogens with one attached hydrogen (secondary N) is 1. The number of aliphatic imine (C=N–C) groups is 1. The molecule has 0 bridgehead atoms. The highest BCUT2D eigenvalue weighted by Crippen LogP contribution is 2.14. The van der Waals surface area contributed by atoms with Crippen molar-refractivity contribution in [3.8, 4) is 0 Å². The van der Waals surface area contributed by atoms with Gasteiger partial charge >= 0.3 is 0 Å². The zero-order valence-corrected chi connectivity index (χ0v) is 16.6. The molecule has 0 atom stereocenters. The lowest BCUT2D eigenvalue weighted by Crippen LogP contribution is -2.40. The van der Waals surface area contributed by atoms with Crippen LogP contribution in [0.4, 0.5) is 5.69 Å². The number of halogens is 2. The van der Waals surface area contributed by atoms with Crippen molar-refractivity contribution in [2.24, 2.45) is 4.99 Å². The molecule has 1 aromatic heterocycles. The van der Waals surface area contributed by atoms with E-state index in [0.717, 1.165) is 30.3 Å². The van der Waals surface area contributed by atoms with Gasteiger partial charge in [-0.15, -0.1) is 24.0 Å². The molecule has 4 nitrogen and oxygen atoms in total. The van der Waals surface area contributed by atoms with E-state index in [9.17, 15) is 0 Å². The van der Waals surface area contributed by atoms with Crippen LogP contribution in [0.1, 0.15) is 24.8 Å². The Kier molecular flexibility index (Phi) is 7.78. The van der Waals surface area contributed by atoms with Crippen LogP contribution in [0.5, 0.6) is 0 Å². The Morgan fingerprint density at radius 1 is 1.08 bits per heavy atom. The highest BCUT2D eigenvalue weighted by Gasteiger charge is 2.15. The van der Waals surface area contributed by atoms with Gasteiger partial charge in [0.1, 0.15) is 5.15 Å². The lowest BCUT2D eigenvalue weighted by molar-refractivity contribution is 0.340. The number of pyridine rings is 1. The number of hydrogen-bond donors (Lipinski definition) is 1. The second-order valence-electron chi connectivity index (χ2n) is 5.67. The Labute approximate surface area is 165 Å². The number of benzene rings is 1. The van der Waals surface area contributed by atoms with E-state index < -0.39 is 0 Å². The Morgan fingerprint density at radius 3 is 2.50 bits per heavy atom. The van der Waals surface area contributed by atoms with E-state index in [-0.39, 0.29) is 24.0 Å². The minimum absolute atomic E-state index is 0. The van der Waals surface area contributed by atoms with E-state index in [4.69, 9.17) is 16.6 Å². The number of aromatic nitrogens is 1. The van der Waals surface area contributed by atoms with Crippen LogP contribution in [-0.4, -0.2) is 28.9 Å². The Morgan fingerprint density at radius 2 is 1.83 bits per heavy atom. The van der Waals surface area contributed by atoms with Crippen LogP contribution in [-0.2, 0) is 6.54 Å². The number of hydrogen-bond acceptors (Lipinski definition) is 2. The summed E-state index contributed by atoms with van der Waals surface area (Å²) in [4.78, 5) is 11.2. The number of piperidine rings is 1. The number of guanidine groups is 1. The molecule has 0 spiro atoms. The van der Waals surface area contributed by atoms with Gasteiger partial charge in [0.2, 0.25) is 0 Å². The lowest BCUT2D eigenvalue weighted by Gasteiger charge is -2.30. The third-order valence-electron chi connectivity index (χ3n) is 3.89. The van der Waals surface area contributed by atoms with E-state index in [1.165, 1.54) is 19.3 Å². The van der Waals surface area contributed by atoms with Gasteiger partial charge in [-0.25, -0.2) is 9.98 Å². The maximum atomic E-state index is 5.84. The molecule has 0 radical (unpaired) electrons. The van der Waals surface area contributed by atoms with E-state index in [0.29, 0.717) is 11.7 Å². The predicted molar refractivity (Wildman–Crippen MR) is 111 cm³/mol. The molecule has 2 aromatic rings. The van der Waals surface area contributed by atoms with Gasteiger partial charge in [0.25, 0.3) is 0 Å². The van der Waals surface area contributed by atoms with Crippen LogP contribution in [0, 0.1) is 0 Å². The summed E-state index contributed by atoms with van der Waals surface area (Å²) in [5.41, 5.74) is 2.12. The SMILES string of the molecule is Clc1ccc(CN=C(Nc2ccccc2)N2CCCCC2)cn1.I. The van der Waals surface area contributed by atoms with Crippen molar-refractivity contribution >= 4 is 47.2 Å². The summed E-state index contributed by atoms with van der Waals surface area (Å²) < 4.78 is 0. The number of rotatable bonds is 3. The van der Waals surface area contributed by atoms with E-state index >= 15 is 0 Å². The fourth-order valence-electron chi connectivity index (χ4n) is 2.64. The second kappa shape index (κ2) is 9.84. The standard InChI is InChI=1S/C18H21ClN4.HI/c19-17-10-9-15(13-20-17)14-21-18(23-11-5-2-6-12-23)22-16-7-3-1-4-8-16;/h1,3-4,7-10,13H,2,5-6,11-12,14H2,(H,21,22);1H. The van der Waals surface area contributed by atoms with Gasteiger partial charge in [-0.3, -0.25) is 0 Å². The first-order chi connectivity index (χ1) is 11.3. The molecule has 24 heavy (non-hydrogen) atoms. The van der Waals surface area contributed by atoms with Gasteiger partial charge in [-0.05, 0) is 43.0 Å². The molecular formula is C18H22ClIN4. The topological polar surface area (TPSA) is 40.5 Å². The van der Waals surface area contributed by atoms with Crippen LogP contribution in [0.3, 0.4) is 0 Å². The Hall–Kier alpha value is -1.34. The molecule has 0 amide bonds. The summed E-state index contributed by atoms with van der Waals surface area (Å²) in [5, 5.41) is 3.97. The lowest BCUT2D eigenvalue weighted by atomic mass is 10.1. The van der Waals surface area contributed by atoms with Gasteiger partial charge < -0.3 is 10.2 Å². The van der Waals surface area contributed by atoms with Gasteiger partial charge in [-0.2, -0.15) is 0 Å². The summed E-state index contributed by atoms with van der Waals surface area (Å²) >= 11 is 5.84. The molecule has 1 aliphatic heterocycles. The average Bonchev–Trinajstić information content (AvgIpc) is 2.61. The zero-order valence-electron chi connectivity index (χ0n) is 13.5. The predicted octanol–water partition coefficient (Wildman–Crippen LogP) is 4.81. The van der Waals surface area contributed by atoms with Crippen molar-refractivity contribution in [3.05, 3.63) is 59.4 Å². The molecule has 1 N–H and O–H groups in total. The molecule has 0 saturated carbocycles. The molecule has 2 heterocycles. The fourth-order valence-corrected chi connectivity index (χ4v) is 2.75. The first-order valence-corrected chi connectivity index (χ1v) is 8.41. The summed E-state index contributed by atoms with van der Waals surface area (Å²) in [6.07, 6.45) is 5.52. The van der Waals surface area contributed by atoms with E-state index in [1.807, 2.05) is 24.3 Å². The Bertz CT molecular complexity index is 640. The summed E-state index contributed by atoms with van der Waals surface area (Å²) in [7, 11) is 0. The van der Waals surface area contributed by atoms with E-state index in [1.54, 1.807) is 12.3 Å². The van der Waals surface area contributed by atoms with Crippen molar-refractivity contribution in [3.63, 3.8) is 0 Å². The maximum Gasteiger partial charge on any atom is 0.198 e. The minimum Gasteiger partial charge on any atom is -0.343 e. The molecule has 1 aromatic carbocycles. The zero-order chi connectivity index (χ0) is 15.9. The highest BCUT2D eigenvalue weighted by atomic mass is 127. The van der Waals surface area contributed by atoms with Crippen molar-refractivity contribution in [1.82, 2.24) is 9.88 Å². The monoisotopic (exact) mass is 456 g/mol. The maximum absolute atomic E-state index is 5.84. The van der Waals surface area contributed by atoms with E-state index in [2.05, 4.69) is 27.3 Å². The molecule has 1 saturated heterocycles. The van der Waals surface area contributed by atoms with Gasteiger partial charge in [0, 0.05) is 25.0 Å². The fraction of sp³-hybridized carbons (Fsp3) is 0.333. The Balaban J connectivity index is 0.00000208. The molecule has 128 valence electrons. The van der Waals surface area contributed by atoms with Crippen molar-refractivity contribution in [2.75, 3.05) is 18.4 Å². The van der Waals surface area contributed by atoms with Crippen LogP contribution >= 0.6 is 35.6 Å². The normalized spacial score (nSPS) is 14.9. The number of nitrogens with zero attached hydrogens (tertiary/aromatic N) is 3. The number of anilines is 1. The van der Waals surface area contributed by atoms with Crippen molar-refractivity contribution in [2.45, 2.75) is 25.8 Å².